The molecule has 0 aromatic heterocycles. The van der Waals surface area contributed by atoms with E-state index in [0.29, 0.717) is 6.61 Å². The summed E-state index contributed by atoms with van der Waals surface area (Å²) in [6.07, 6.45) is 0.965. The number of ether oxygens (including phenoxy) is 1. The molecule has 0 aliphatic heterocycles. The summed E-state index contributed by atoms with van der Waals surface area (Å²) < 4.78 is 5.76. The summed E-state index contributed by atoms with van der Waals surface area (Å²) in [7, 11) is 0. The SMILES string of the molecule is CCCONC(=CBr)c1ccc(Oc2ccccc2)cc1. The van der Waals surface area contributed by atoms with Crippen LogP contribution in [0.15, 0.2) is 59.6 Å². The van der Waals surface area contributed by atoms with Crippen LogP contribution in [0.5, 0.6) is 11.5 Å². The first-order valence-corrected chi connectivity index (χ1v) is 7.76. The molecule has 2 aromatic carbocycles. The van der Waals surface area contributed by atoms with Gasteiger partial charge in [-0.2, -0.15) is 0 Å². The highest BCUT2D eigenvalue weighted by Gasteiger charge is 2.02. The Hall–Kier alpha value is -1.78. The molecule has 0 spiro atoms. The first kappa shape index (κ1) is 15.6. The van der Waals surface area contributed by atoms with Gasteiger partial charge in [-0.05, 0) is 42.8 Å². The molecule has 1 N–H and O–H groups in total. The van der Waals surface area contributed by atoms with E-state index in [9.17, 15) is 0 Å². The van der Waals surface area contributed by atoms with Crippen LogP contribution in [0.4, 0.5) is 0 Å². The third kappa shape index (κ3) is 4.92. The van der Waals surface area contributed by atoms with Crippen molar-refractivity contribution < 1.29 is 9.57 Å². The van der Waals surface area contributed by atoms with Crippen molar-refractivity contribution in [3.8, 4) is 11.5 Å². The van der Waals surface area contributed by atoms with Crippen molar-refractivity contribution in [2.45, 2.75) is 13.3 Å². The third-order valence-corrected chi connectivity index (χ3v) is 3.20. The molecule has 21 heavy (non-hydrogen) atoms. The number of nitrogens with one attached hydrogen (secondary N) is 1. The van der Waals surface area contributed by atoms with E-state index < -0.39 is 0 Å². The summed E-state index contributed by atoms with van der Waals surface area (Å²) in [5, 5.41) is 0. The Bertz CT molecular complexity index is 567. The smallest absolute Gasteiger partial charge is 0.127 e. The van der Waals surface area contributed by atoms with Gasteiger partial charge in [0.25, 0.3) is 0 Å². The second-order valence-electron chi connectivity index (χ2n) is 4.41. The topological polar surface area (TPSA) is 30.5 Å². The molecule has 0 bridgehead atoms. The van der Waals surface area contributed by atoms with E-state index in [1.807, 2.05) is 54.6 Å². The molecule has 0 unspecified atom stereocenters. The fraction of sp³-hybridized carbons (Fsp3) is 0.176. The van der Waals surface area contributed by atoms with Gasteiger partial charge in [-0.1, -0.05) is 41.1 Å². The van der Waals surface area contributed by atoms with E-state index in [1.165, 1.54) is 0 Å². The predicted octanol–water partition coefficient (Wildman–Crippen LogP) is 5.10. The largest absolute Gasteiger partial charge is 0.457 e. The van der Waals surface area contributed by atoms with Gasteiger partial charge in [0, 0.05) is 10.5 Å². The summed E-state index contributed by atoms with van der Waals surface area (Å²) in [4.78, 5) is 7.14. The highest BCUT2D eigenvalue weighted by molar-refractivity contribution is 9.11. The number of hydrogen-bond donors (Lipinski definition) is 1. The Balaban J connectivity index is 2.01. The molecule has 0 saturated carbocycles. The summed E-state index contributed by atoms with van der Waals surface area (Å²) >= 11 is 3.34. The summed E-state index contributed by atoms with van der Waals surface area (Å²) in [6, 6.07) is 17.5. The average molecular weight is 348 g/mol. The molecule has 0 atom stereocenters. The molecule has 0 amide bonds. The van der Waals surface area contributed by atoms with Gasteiger partial charge in [0.15, 0.2) is 0 Å². The van der Waals surface area contributed by atoms with Crippen LogP contribution in [0, 0.1) is 0 Å². The Morgan fingerprint density at radius 3 is 2.33 bits per heavy atom. The van der Waals surface area contributed by atoms with E-state index in [0.717, 1.165) is 29.2 Å². The highest BCUT2D eigenvalue weighted by atomic mass is 79.9. The molecule has 3 nitrogen and oxygen atoms in total. The van der Waals surface area contributed by atoms with Gasteiger partial charge < -0.3 is 4.74 Å². The van der Waals surface area contributed by atoms with Crippen molar-refractivity contribution in [1.29, 1.82) is 0 Å². The van der Waals surface area contributed by atoms with Gasteiger partial charge in [-0.25, -0.2) is 0 Å². The van der Waals surface area contributed by atoms with E-state index in [2.05, 4.69) is 28.3 Å². The van der Waals surface area contributed by atoms with Gasteiger partial charge in [-0.15, -0.1) is 0 Å². The van der Waals surface area contributed by atoms with Crippen LogP contribution < -0.4 is 10.2 Å². The molecule has 0 heterocycles. The molecule has 110 valence electrons. The van der Waals surface area contributed by atoms with Crippen LogP contribution in [0.1, 0.15) is 18.9 Å². The Kier molecular flexibility index (Phi) is 6.31. The zero-order valence-electron chi connectivity index (χ0n) is 11.9. The maximum atomic E-state index is 5.76. The first-order valence-electron chi connectivity index (χ1n) is 6.85. The van der Waals surface area contributed by atoms with Crippen LogP contribution in [-0.2, 0) is 4.84 Å². The molecule has 0 aliphatic rings. The molecule has 4 heteroatoms. The highest BCUT2D eigenvalue weighted by Crippen LogP contribution is 2.23. The second-order valence-corrected chi connectivity index (χ2v) is 4.87. The Morgan fingerprint density at radius 2 is 1.71 bits per heavy atom. The fourth-order valence-corrected chi connectivity index (χ4v) is 2.06. The number of hydroxylamine groups is 1. The number of benzene rings is 2. The lowest BCUT2D eigenvalue weighted by atomic mass is 10.2. The number of hydrogen-bond acceptors (Lipinski definition) is 3. The Morgan fingerprint density at radius 1 is 1.05 bits per heavy atom. The summed E-state index contributed by atoms with van der Waals surface area (Å²) in [5.74, 6) is 1.62. The maximum Gasteiger partial charge on any atom is 0.127 e. The van der Waals surface area contributed by atoms with Crippen LogP contribution in [-0.4, -0.2) is 6.61 Å². The van der Waals surface area contributed by atoms with Gasteiger partial charge in [0.2, 0.25) is 0 Å². The average Bonchev–Trinajstić information content (AvgIpc) is 2.54. The van der Waals surface area contributed by atoms with Gasteiger partial charge in [0.05, 0.1) is 12.3 Å². The number of para-hydroxylation sites is 1. The summed E-state index contributed by atoms with van der Waals surface area (Å²) in [6.45, 7) is 2.73. The fourth-order valence-electron chi connectivity index (χ4n) is 1.70. The van der Waals surface area contributed by atoms with Crippen molar-refractivity contribution in [2.24, 2.45) is 0 Å². The van der Waals surface area contributed by atoms with Crippen molar-refractivity contribution >= 4 is 21.6 Å². The van der Waals surface area contributed by atoms with Crippen LogP contribution in [0.3, 0.4) is 0 Å². The zero-order chi connectivity index (χ0) is 14.9. The van der Waals surface area contributed by atoms with Crippen LogP contribution >= 0.6 is 15.9 Å². The minimum absolute atomic E-state index is 0.666. The van der Waals surface area contributed by atoms with Gasteiger partial charge in [0.1, 0.15) is 11.5 Å². The molecule has 2 rings (SSSR count). The van der Waals surface area contributed by atoms with Crippen molar-refractivity contribution in [3.63, 3.8) is 0 Å². The van der Waals surface area contributed by atoms with Crippen LogP contribution in [0.2, 0.25) is 0 Å². The predicted molar refractivity (Wildman–Crippen MR) is 89.2 cm³/mol. The van der Waals surface area contributed by atoms with Crippen LogP contribution in [0.25, 0.3) is 5.70 Å². The lowest BCUT2D eigenvalue weighted by molar-refractivity contribution is 0.0791. The summed E-state index contributed by atoms with van der Waals surface area (Å²) in [5.41, 5.74) is 4.82. The van der Waals surface area contributed by atoms with E-state index in [-0.39, 0.29) is 0 Å². The van der Waals surface area contributed by atoms with E-state index >= 15 is 0 Å². The molecule has 0 saturated heterocycles. The lowest BCUT2D eigenvalue weighted by Crippen LogP contribution is -2.13. The molecular weight excluding hydrogens is 330 g/mol. The molecule has 0 radical (unpaired) electrons. The lowest BCUT2D eigenvalue weighted by Gasteiger charge is -2.11. The van der Waals surface area contributed by atoms with Crippen molar-refractivity contribution in [3.05, 3.63) is 65.1 Å². The maximum absolute atomic E-state index is 5.76. The standard InChI is InChI=1S/C17H18BrNO2/c1-2-12-20-19-17(13-18)14-8-10-16(11-9-14)21-15-6-4-3-5-7-15/h3-11,13,19H,2,12H2,1H3. The number of halogens is 1. The van der Waals surface area contributed by atoms with Crippen molar-refractivity contribution in [2.75, 3.05) is 6.61 Å². The molecule has 0 fully saturated rings. The monoisotopic (exact) mass is 347 g/mol. The minimum atomic E-state index is 0.666. The Labute approximate surface area is 133 Å². The van der Waals surface area contributed by atoms with E-state index in [1.54, 1.807) is 4.99 Å². The van der Waals surface area contributed by atoms with Gasteiger partial charge in [-0.3, -0.25) is 10.3 Å². The third-order valence-electron chi connectivity index (χ3n) is 2.74. The second kappa shape index (κ2) is 8.49. The van der Waals surface area contributed by atoms with Crippen molar-refractivity contribution in [1.82, 2.24) is 5.48 Å². The zero-order valence-corrected chi connectivity index (χ0v) is 13.5. The number of rotatable bonds is 7. The normalized spacial score (nSPS) is 11.2. The van der Waals surface area contributed by atoms with E-state index in [4.69, 9.17) is 9.57 Å². The quantitative estimate of drug-likeness (QED) is 0.558. The minimum Gasteiger partial charge on any atom is -0.457 e. The van der Waals surface area contributed by atoms with Gasteiger partial charge >= 0.3 is 0 Å². The molecular formula is C17H18BrNO2. The first-order chi connectivity index (χ1) is 10.3. The molecule has 0 aliphatic carbocycles. The molecule has 2 aromatic rings.